The van der Waals surface area contributed by atoms with Gasteiger partial charge in [0.25, 0.3) is 0 Å². The highest BCUT2D eigenvalue weighted by molar-refractivity contribution is 7.89. The van der Waals surface area contributed by atoms with Crippen LogP contribution in [0.3, 0.4) is 0 Å². The summed E-state index contributed by atoms with van der Waals surface area (Å²) in [6.07, 6.45) is 1.81. The Morgan fingerprint density at radius 3 is 2.45 bits per heavy atom. The molecule has 0 fully saturated rings. The summed E-state index contributed by atoms with van der Waals surface area (Å²) in [5, 5.41) is 1.45. The summed E-state index contributed by atoms with van der Waals surface area (Å²) in [7, 11) is -1.86. The first-order valence-corrected chi connectivity index (χ1v) is 8.16. The van der Waals surface area contributed by atoms with Crippen molar-refractivity contribution in [2.45, 2.75) is 24.7 Å². The zero-order valence-electron chi connectivity index (χ0n) is 11.8. The number of nitrogens with zero attached hydrogens (tertiary/aromatic N) is 1. The van der Waals surface area contributed by atoms with Crippen molar-refractivity contribution in [3.05, 3.63) is 36.4 Å². The van der Waals surface area contributed by atoms with E-state index in [1.165, 1.54) is 4.31 Å². The van der Waals surface area contributed by atoms with Crippen molar-refractivity contribution in [1.29, 1.82) is 0 Å². The molecule has 2 N–H and O–H groups in total. The zero-order valence-corrected chi connectivity index (χ0v) is 12.7. The van der Waals surface area contributed by atoms with Crippen LogP contribution >= 0.6 is 0 Å². The lowest BCUT2D eigenvalue weighted by Crippen LogP contribution is -2.28. The van der Waals surface area contributed by atoms with Gasteiger partial charge in [0.2, 0.25) is 10.0 Å². The van der Waals surface area contributed by atoms with Crippen LogP contribution in [0.5, 0.6) is 0 Å². The van der Waals surface area contributed by atoms with Crippen LogP contribution in [-0.2, 0) is 10.0 Å². The number of anilines is 1. The summed E-state index contributed by atoms with van der Waals surface area (Å²) in [4.78, 5) is 0.320. The Labute approximate surface area is 120 Å². The normalized spacial score (nSPS) is 12.2. The molecule has 0 saturated heterocycles. The number of nitrogens with two attached hydrogens (primary N) is 1. The third-order valence-corrected chi connectivity index (χ3v) is 5.35. The van der Waals surface area contributed by atoms with Crippen molar-refractivity contribution in [2.75, 3.05) is 19.3 Å². The van der Waals surface area contributed by atoms with Gasteiger partial charge in [-0.15, -0.1) is 0 Å². The fourth-order valence-electron chi connectivity index (χ4n) is 2.20. The fraction of sp³-hybridized carbons (Fsp3) is 0.333. The van der Waals surface area contributed by atoms with Gasteiger partial charge in [-0.2, -0.15) is 0 Å². The van der Waals surface area contributed by atoms with E-state index in [9.17, 15) is 8.42 Å². The molecule has 0 aliphatic rings. The van der Waals surface area contributed by atoms with Crippen LogP contribution < -0.4 is 5.73 Å². The lowest BCUT2D eigenvalue weighted by atomic mass is 10.1. The van der Waals surface area contributed by atoms with Crippen LogP contribution in [0, 0.1) is 0 Å². The maximum atomic E-state index is 12.6. The average molecular weight is 292 g/mol. The highest BCUT2D eigenvalue weighted by Gasteiger charge is 2.22. The Hall–Kier alpha value is -1.59. The van der Waals surface area contributed by atoms with E-state index in [1.54, 1.807) is 37.4 Å². The van der Waals surface area contributed by atoms with Crippen molar-refractivity contribution < 1.29 is 8.42 Å². The Morgan fingerprint density at radius 2 is 1.75 bits per heavy atom. The molecule has 20 heavy (non-hydrogen) atoms. The van der Waals surface area contributed by atoms with Crippen molar-refractivity contribution in [3.63, 3.8) is 0 Å². The first-order valence-electron chi connectivity index (χ1n) is 6.72. The van der Waals surface area contributed by atoms with Crippen LogP contribution in [0.1, 0.15) is 19.8 Å². The molecule has 0 atom stereocenters. The summed E-state index contributed by atoms with van der Waals surface area (Å²) in [6, 6.07) is 10.6. The van der Waals surface area contributed by atoms with Crippen LogP contribution in [0.4, 0.5) is 5.69 Å². The number of unbranched alkanes of at least 4 members (excludes halogenated alkanes) is 1. The van der Waals surface area contributed by atoms with Gasteiger partial charge in [0.05, 0.1) is 4.90 Å². The van der Waals surface area contributed by atoms with Gasteiger partial charge in [-0.25, -0.2) is 12.7 Å². The molecule has 0 heterocycles. The highest BCUT2D eigenvalue weighted by Crippen LogP contribution is 2.28. The van der Waals surface area contributed by atoms with Gasteiger partial charge in [0.15, 0.2) is 0 Å². The second-order valence-electron chi connectivity index (χ2n) is 4.88. The average Bonchev–Trinajstić information content (AvgIpc) is 2.44. The van der Waals surface area contributed by atoms with Crippen molar-refractivity contribution >= 4 is 26.5 Å². The molecule has 2 aromatic carbocycles. The second-order valence-corrected chi connectivity index (χ2v) is 6.89. The minimum Gasteiger partial charge on any atom is -0.398 e. The first-order chi connectivity index (χ1) is 9.48. The minimum absolute atomic E-state index is 0.320. The van der Waals surface area contributed by atoms with E-state index in [-0.39, 0.29) is 0 Å². The van der Waals surface area contributed by atoms with E-state index in [1.807, 2.05) is 13.0 Å². The van der Waals surface area contributed by atoms with Gasteiger partial charge in [0, 0.05) is 30.1 Å². The molecule has 0 aliphatic carbocycles. The van der Waals surface area contributed by atoms with E-state index in [0.29, 0.717) is 22.5 Å². The molecular weight excluding hydrogens is 272 g/mol. The van der Waals surface area contributed by atoms with Crippen molar-refractivity contribution in [3.8, 4) is 0 Å². The smallest absolute Gasteiger partial charge is 0.243 e. The Balaban J connectivity index is 2.55. The summed E-state index contributed by atoms with van der Waals surface area (Å²) < 4.78 is 26.7. The van der Waals surface area contributed by atoms with E-state index in [4.69, 9.17) is 5.73 Å². The van der Waals surface area contributed by atoms with Gasteiger partial charge >= 0.3 is 0 Å². The molecule has 0 amide bonds. The SMILES string of the molecule is CCCCN(C)S(=O)(=O)c1cccc2c(N)cccc12. The molecule has 0 aromatic heterocycles. The van der Waals surface area contributed by atoms with E-state index >= 15 is 0 Å². The number of hydrogen-bond donors (Lipinski definition) is 1. The number of nitrogen functional groups attached to an aromatic ring is 1. The maximum Gasteiger partial charge on any atom is 0.243 e. The molecule has 0 unspecified atom stereocenters. The molecule has 2 rings (SSSR count). The number of rotatable bonds is 5. The topological polar surface area (TPSA) is 63.4 Å². The predicted octanol–water partition coefficient (Wildman–Crippen LogP) is 2.84. The molecular formula is C15H20N2O2S. The van der Waals surface area contributed by atoms with Gasteiger partial charge in [-0.05, 0) is 18.6 Å². The quantitative estimate of drug-likeness (QED) is 0.862. The molecule has 0 bridgehead atoms. The van der Waals surface area contributed by atoms with E-state index in [0.717, 1.165) is 18.2 Å². The Bertz CT molecular complexity index is 711. The Kier molecular flexibility index (Phi) is 4.30. The predicted molar refractivity (Wildman–Crippen MR) is 83.1 cm³/mol. The molecule has 0 saturated carbocycles. The van der Waals surface area contributed by atoms with Crippen molar-refractivity contribution in [2.24, 2.45) is 0 Å². The summed E-state index contributed by atoms with van der Waals surface area (Å²) in [5.74, 6) is 0. The second kappa shape index (κ2) is 5.81. The van der Waals surface area contributed by atoms with Gasteiger partial charge in [-0.3, -0.25) is 0 Å². The monoisotopic (exact) mass is 292 g/mol. The fourth-order valence-corrected chi connectivity index (χ4v) is 3.61. The molecule has 108 valence electrons. The summed E-state index contributed by atoms with van der Waals surface area (Å²) in [6.45, 7) is 2.57. The highest BCUT2D eigenvalue weighted by atomic mass is 32.2. The number of hydrogen-bond acceptors (Lipinski definition) is 3. The standard InChI is InChI=1S/C15H20N2O2S/c1-3-4-11-17(2)20(18,19)15-10-6-7-12-13(15)8-5-9-14(12)16/h5-10H,3-4,11,16H2,1-2H3. The lowest BCUT2D eigenvalue weighted by molar-refractivity contribution is 0.460. The van der Waals surface area contributed by atoms with Crippen LogP contribution in [0.25, 0.3) is 10.8 Å². The number of sulfonamides is 1. The minimum atomic E-state index is -3.48. The van der Waals surface area contributed by atoms with Crippen LogP contribution in [0.15, 0.2) is 41.3 Å². The van der Waals surface area contributed by atoms with Crippen LogP contribution in [-0.4, -0.2) is 26.3 Å². The molecule has 0 spiro atoms. The Morgan fingerprint density at radius 1 is 1.10 bits per heavy atom. The van der Waals surface area contributed by atoms with Gasteiger partial charge in [0.1, 0.15) is 0 Å². The number of fused-ring (bicyclic) bond motifs is 1. The van der Waals surface area contributed by atoms with E-state index in [2.05, 4.69) is 0 Å². The van der Waals surface area contributed by atoms with Crippen LogP contribution in [0.2, 0.25) is 0 Å². The maximum absolute atomic E-state index is 12.6. The first kappa shape index (κ1) is 14.8. The van der Waals surface area contributed by atoms with Gasteiger partial charge < -0.3 is 5.73 Å². The molecule has 0 radical (unpaired) electrons. The third-order valence-electron chi connectivity index (χ3n) is 3.43. The van der Waals surface area contributed by atoms with Gasteiger partial charge in [-0.1, -0.05) is 37.6 Å². The third kappa shape index (κ3) is 2.64. The molecule has 4 nitrogen and oxygen atoms in total. The zero-order chi connectivity index (χ0) is 14.8. The molecule has 2 aromatic rings. The molecule has 0 aliphatic heterocycles. The summed E-state index contributed by atoms with van der Waals surface area (Å²) >= 11 is 0. The largest absolute Gasteiger partial charge is 0.398 e. The van der Waals surface area contributed by atoms with E-state index < -0.39 is 10.0 Å². The van der Waals surface area contributed by atoms with Crippen molar-refractivity contribution in [1.82, 2.24) is 4.31 Å². The number of benzene rings is 2. The summed E-state index contributed by atoms with van der Waals surface area (Å²) in [5.41, 5.74) is 6.51. The molecule has 5 heteroatoms. The lowest BCUT2D eigenvalue weighted by Gasteiger charge is -2.18.